The third-order valence-corrected chi connectivity index (χ3v) is 12.6. The summed E-state index contributed by atoms with van der Waals surface area (Å²) in [6, 6.07) is 10.1. The quantitative estimate of drug-likeness (QED) is 0.389. The normalized spacial score (nSPS) is 48.5. The van der Waals surface area contributed by atoms with Gasteiger partial charge in [0.1, 0.15) is 6.10 Å². The number of likely N-dealkylation sites (tertiary alicyclic amines) is 1. The predicted octanol–water partition coefficient (Wildman–Crippen LogP) is 3.80. The van der Waals surface area contributed by atoms with Gasteiger partial charge in [0, 0.05) is 75.0 Å². The van der Waals surface area contributed by atoms with Crippen LogP contribution in [0.1, 0.15) is 44.6 Å². The molecular formula is C33H45NO6. The number of hydrogen-bond donors (Lipinski definition) is 1. The number of piperidine rings is 1. The average molecular weight is 552 g/mol. The molecule has 0 radical (unpaired) electrons. The maximum absolute atomic E-state index is 13.3. The summed E-state index contributed by atoms with van der Waals surface area (Å²) in [6.07, 6.45) is 7.54. The maximum Gasteiger partial charge on any atom is 0.331 e. The molecule has 1 spiro atoms. The summed E-state index contributed by atoms with van der Waals surface area (Å²) in [7, 11) is 5.47. The van der Waals surface area contributed by atoms with Crippen LogP contribution in [0.5, 0.6) is 0 Å². The first-order chi connectivity index (χ1) is 19.4. The van der Waals surface area contributed by atoms with Gasteiger partial charge in [0.2, 0.25) is 0 Å². The van der Waals surface area contributed by atoms with E-state index in [-0.39, 0.29) is 64.8 Å². The van der Waals surface area contributed by atoms with Gasteiger partial charge in [0.15, 0.2) is 0 Å². The van der Waals surface area contributed by atoms with Crippen LogP contribution in [-0.4, -0.2) is 87.0 Å². The molecular weight excluding hydrogens is 506 g/mol. The van der Waals surface area contributed by atoms with Crippen LogP contribution in [0.25, 0.3) is 6.08 Å². The third kappa shape index (κ3) is 3.39. The topological polar surface area (TPSA) is 77.5 Å². The summed E-state index contributed by atoms with van der Waals surface area (Å²) in [4.78, 5) is 16.0. The van der Waals surface area contributed by atoms with Crippen molar-refractivity contribution in [3.8, 4) is 0 Å². The summed E-state index contributed by atoms with van der Waals surface area (Å²) in [5, 5.41) is 12.9. The first-order valence-corrected chi connectivity index (χ1v) is 15.3. The number of carbonyl (C=O) groups is 1. The fourth-order valence-corrected chi connectivity index (χ4v) is 11.7. The summed E-state index contributed by atoms with van der Waals surface area (Å²) in [6.45, 7) is 4.98. The lowest BCUT2D eigenvalue weighted by Gasteiger charge is -2.69. The monoisotopic (exact) mass is 551 g/mol. The Labute approximate surface area is 238 Å². The number of nitrogens with zero attached hydrogens (tertiary/aromatic N) is 1. The molecule has 5 saturated carbocycles. The molecule has 1 heterocycles. The van der Waals surface area contributed by atoms with Crippen LogP contribution < -0.4 is 0 Å². The lowest BCUT2D eigenvalue weighted by Crippen LogP contribution is -2.76. The Balaban J connectivity index is 1.31. The third-order valence-electron chi connectivity index (χ3n) is 12.6. The van der Waals surface area contributed by atoms with Crippen molar-refractivity contribution in [1.82, 2.24) is 4.90 Å². The number of esters is 1. The number of fused-ring (bicyclic) bond motifs is 2. The Morgan fingerprint density at radius 2 is 1.93 bits per heavy atom. The summed E-state index contributed by atoms with van der Waals surface area (Å²) in [5.41, 5.74) is -0.0262. The molecule has 2 unspecified atom stereocenters. The number of hydrogen-bond acceptors (Lipinski definition) is 7. The molecule has 1 aromatic carbocycles. The van der Waals surface area contributed by atoms with E-state index in [0.29, 0.717) is 12.3 Å². The van der Waals surface area contributed by atoms with Crippen LogP contribution in [0.4, 0.5) is 0 Å². The van der Waals surface area contributed by atoms with E-state index in [1.54, 1.807) is 7.11 Å². The van der Waals surface area contributed by atoms with Crippen LogP contribution in [0, 0.1) is 40.4 Å². The highest BCUT2D eigenvalue weighted by atomic mass is 16.5. The van der Waals surface area contributed by atoms with E-state index in [1.165, 1.54) is 6.08 Å². The van der Waals surface area contributed by atoms with Crippen LogP contribution in [0.3, 0.4) is 0 Å². The lowest BCUT2D eigenvalue weighted by atomic mass is 9.43. The molecule has 1 aliphatic heterocycles. The van der Waals surface area contributed by atoms with Crippen LogP contribution in [0.15, 0.2) is 36.4 Å². The molecule has 0 aromatic heterocycles. The van der Waals surface area contributed by atoms with Crippen LogP contribution in [0.2, 0.25) is 0 Å². The standard InChI is InChI=1S/C33H45NO6/c1-5-34-18-31(19-37-2)14-13-26(39-4)33-22-15-21-24(38-3)17-32(36,23(30(33)34)16-25(31)33)28(22)29(21)40-27(35)12-11-20-9-7-6-8-10-20/h6-12,21-26,28-30,36H,5,13-19H2,1-4H3/b12-11+/t21-,22?,23+,24+,25-,26+,28?,29+,30-,31+,32+,33-/m1/s1. The number of carbonyl (C=O) groups excluding carboxylic acids is 1. The minimum absolute atomic E-state index is 0.0589. The van der Waals surface area contributed by atoms with Crippen molar-refractivity contribution in [3.63, 3.8) is 0 Å². The van der Waals surface area contributed by atoms with Gasteiger partial charge in [0.25, 0.3) is 0 Å². The second-order valence-electron chi connectivity index (χ2n) is 13.6. The fourth-order valence-electron chi connectivity index (χ4n) is 11.7. The summed E-state index contributed by atoms with van der Waals surface area (Å²) >= 11 is 0. The van der Waals surface area contributed by atoms with Crippen molar-refractivity contribution in [2.75, 3.05) is 41.0 Å². The Bertz CT molecular complexity index is 1160. The molecule has 0 amide bonds. The van der Waals surface area contributed by atoms with Crippen LogP contribution in [-0.2, 0) is 23.7 Å². The molecule has 40 heavy (non-hydrogen) atoms. The zero-order chi connectivity index (χ0) is 27.9. The molecule has 5 aliphatic carbocycles. The fraction of sp³-hybridized carbons (Fsp3) is 0.727. The Morgan fingerprint density at radius 1 is 1.12 bits per heavy atom. The molecule has 6 fully saturated rings. The molecule has 1 N–H and O–H groups in total. The van der Waals surface area contributed by atoms with E-state index in [0.717, 1.165) is 50.9 Å². The van der Waals surface area contributed by atoms with Crippen molar-refractivity contribution >= 4 is 12.0 Å². The van der Waals surface area contributed by atoms with Gasteiger partial charge in [-0.3, -0.25) is 4.90 Å². The van der Waals surface area contributed by atoms with Gasteiger partial charge in [-0.15, -0.1) is 0 Å². The van der Waals surface area contributed by atoms with E-state index >= 15 is 0 Å². The van der Waals surface area contributed by atoms with Crippen molar-refractivity contribution in [2.45, 2.75) is 69.0 Å². The Hall–Kier alpha value is -1.77. The van der Waals surface area contributed by atoms with Crippen molar-refractivity contribution in [1.29, 1.82) is 0 Å². The molecule has 1 aromatic rings. The molecule has 6 aliphatic rings. The maximum atomic E-state index is 13.3. The molecule has 218 valence electrons. The largest absolute Gasteiger partial charge is 0.458 e. The molecule has 1 saturated heterocycles. The van der Waals surface area contributed by atoms with Crippen molar-refractivity contribution < 1.29 is 28.8 Å². The smallest absolute Gasteiger partial charge is 0.331 e. The van der Waals surface area contributed by atoms with E-state index in [4.69, 9.17) is 18.9 Å². The summed E-state index contributed by atoms with van der Waals surface area (Å²) < 4.78 is 24.8. The van der Waals surface area contributed by atoms with Gasteiger partial charge in [-0.1, -0.05) is 37.3 Å². The Morgan fingerprint density at radius 3 is 2.62 bits per heavy atom. The molecule has 7 heteroatoms. The number of ether oxygens (including phenoxy) is 4. The van der Waals surface area contributed by atoms with Gasteiger partial charge in [-0.2, -0.15) is 0 Å². The summed E-state index contributed by atoms with van der Waals surface area (Å²) in [5.74, 6) is 0.316. The number of aliphatic hydroxyl groups is 1. The Kier molecular flexibility index (Phi) is 6.52. The molecule has 12 atom stereocenters. The van der Waals surface area contributed by atoms with E-state index in [2.05, 4.69) is 11.8 Å². The lowest BCUT2D eigenvalue weighted by molar-refractivity contribution is -0.277. The van der Waals surface area contributed by atoms with Gasteiger partial charge in [0.05, 0.1) is 24.4 Å². The van der Waals surface area contributed by atoms with E-state index in [1.807, 2.05) is 50.6 Å². The molecule has 7 bridgehead atoms. The zero-order valence-electron chi connectivity index (χ0n) is 24.3. The predicted molar refractivity (Wildman–Crippen MR) is 150 cm³/mol. The van der Waals surface area contributed by atoms with Crippen LogP contribution >= 0.6 is 0 Å². The SMILES string of the molecule is CCN1C[C@]2(COC)CC[C@H](OC)[C@@]34C5C[C@@H]6[C@@H](OC)C[C@@](O)(C5[C@H]6OC(=O)/C=C/c5ccccc5)[C@@H](C[C@H]23)[C@@H]14. The van der Waals surface area contributed by atoms with Gasteiger partial charge in [-0.05, 0) is 55.7 Å². The van der Waals surface area contributed by atoms with E-state index in [9.17, 15) is 9.90 Å². The highest BCUT2D eigenvalue weighted by Crippen LogP contribution is 2.79. The van der Waals surface area contributed by atoms with Gasteiger partial charge in [-0.25, -0.2) is 4.79 Å². The zero-order valence-corrected chi connectivity index (χ0v) is 24.3. The van der Waals surface area contributed by atoms with E-state index < -0.39 is 5.60 Å². The minimum atomic E-state index is -0.950. The second kappa shape index (κ2) is 9.63. The highest BCUT2D eigenvalue weighted by molar-refractivity contribution is 5.87. The number of benzene rings is 1. The second-order valence-corrected chi connectivity index (χ2v) is 13.6. The first kappa shape index (κ1) is 27.1. The van der Waals surface area contributed by atoms with Gasteiger partial charge >= 0.3 is 5.97 Å². The highest BCUT2D eigenvalue weighted by Gasteiger charge is 2.84. The first-order valence-electron chi connectivity index (χ1n) is 15.3. The number of rotatable bonds is 8. The van der Waals surface area contributed by atoms with Crippen molar-refractivity contribution in [2.24, 2.45) is 40.4 Å². The average Bonchev–Trinajstić information content (AvgIpc) is 3.41. The van der Waals surface area contributed by atoms with Gasteiger partial charge < -0.3 is 24.1 Å². The minimum Gasteiger partial charge on any atom is -0.458 e. The molecule has 7 rings (SSSR count). The van der Waals surface area contributed by atoms with Crippen molar-refractivity contribution in [3.05, 3.63) is 42.0 Å². The molecule has 7 nitrogen and oxygen atoms in total. The number of methoxy groups -OCH3 is 3.